The van der Waals surface area contributed by atoms with E-state index in [0.717, 1.165) is 11.1 Å². The summed E-state index contributed by atoms with van der Waals surface area (Å²) in [5.74, 6) is -0.281. The molecule has 31 heavy (non-hydrogen) atoms. The first kappa shape index (κ1) is 20.9. The number of Topliss-reactive ketones (excluding diaryl/α,β-unsaturated/α-hetero) is 1. The second kappa shape index (κ2) is 8.07. The zero-order chi connectivity index (χ0) is 22.3. The number of rotatable bonds is 5. The minimum absolute atomic E-state index is 0.0938. The van der Waals surface area contributed by atoms with E-state index in [1.165, 1.54) is 4.90 Å². The quantitative estimate of drug-likeness (QED) is 0.453. The number of amides is 1. The first-order chi connectivity index (χ1) is 14.8. The number of ether oxygens (including phenoxy) is 2. The Hall–Kier alpha value is -3.32. The van der Waals surface area contributed by atoms with Gasteiger partial charge >= 0.3 is 0 Å². The average molecular weight is 422 g/mol. The maximum absolute atomic E-state index is 13.1. The number of likely N-dealkylation sites (tertiary alicyclic amines) is 1. The zero-order valence-corrected chi connectivity index (χ0v) is 18.1. The fourth-order valence-corrected chi connectivity index (χ4v) is 3.98. The predicted octanol–water partition coefficient (Wildman–Crippen LogP) is 3.02. The molecule has 7 nitrogen and oxygen atoms in total. The molecule has 4 rings (SSSR count). The van der Waals surface area contributed by atoms with Gasteiger partial charge in [-0.3, -0.25) is 9.59 Å². The molecule has 2 aliphatic heterocycles. The molecule has 0 aliphatic carbocycles. The smallest absolute Gasteiger partial charge is 0.295 e. The van der Waals surface area contributed by atoms with Gasteiger partial charge in [0.25, 0.3) is 11.7 Å². The van der Waals surface area contributed by atoms with E-state index >= 15 is 0 Å². The van der Waals surface area contributed by atoms with Gasteiger partial charge in [0.2, 0.25) is 6.79 Å². The van der Waals surface area contributed by atoms with Gasteiger partial charge in [-0.15, -0.1) is 0 Å². The molecule has 162 valence electrons. The van der Waals surface area contributed by atoms with Crippen LogP contribution >= 0.6 is 0 Å². The number of aliphatic hydroxyl groups excluding tert-OH is 1. The van der Waals surface area contributed by atoms with Gasteiger partial charge in [-0.2, -0.15) is 0 Å². The monoisotopic (exact) mass is 422 g/mol. The van der Waals surface area contributed by atoms with Crippen LogP contribution in [-0.4, -0.2) is 60.6 Å². The summed E-state index contributed by atoms with van der Waals surface area (Å²) in [5.41, 5.74) is 3.11. The van der Waals surface area contributed by atoms with Crippen molar-refractivity contribution in [2.75, 3.05) is 34.0 Å². The normalized spacial score (nSPS) is 19.5. The molecule has 7 heteroatoms. The van der Waals surface area contributed by atoms with Crippen molar-refractivity contribution in [3.05, 3.63) is 64.2 Å². The van der Waals surface area contributed by atoms with E-state index in [1.807, 2.05) is 57.1 Å². The van der Waals surface area contributed by atoms with Crippen molar-refractivity contribution in [1.82, 2.24) is 9.80 Å². The van der Waals surface area contributed by atoms with E-state index in [2.05, 4.69) is 0 Å². The van der Waals surface area contributed by atoms with Crippen LogP contribution in [0.2, 0.25) is 0 Å². The lowest BCUT2D eigenvalue weighted by Crippen LogP contribution is -2.35. The van der Waals surface area contributed by atoms with Gasteiger partial charge in [0, 0.05) is 18.7 Å². The molecule has 0 bridgehead atoms. The number of ketones is 1. The molecule has 0 aromatic heterocycles. The van der Waals surface area contributed by atoms with Crippen LogP contribution in [0.4, 0.5) is 0 Å². The Bertz CT molecular complexity index is 1090. The molecule has 2 aromatic rings. The van der Waals surface area contributed by atoms with Gasteiger partial charge < -0.3 is 24.4 Å². The summed E-state index contributed by atoms with van der Waals surface area (Å²) >= 11 is 0. The highest BCUT2D eigenvalue weighted by molar-refractivity contribution is 6.46. The van der Waals surface area contributed by atoms with Crippen molar-refractivity contribution in [3.63, 3.8) is 0 Å². The third-order valence-corrected chi connectivity index (χ3v) is 5.69. The highest BCUT2D eigenvalue weighted by atomic mass is 16.7. The van der Waals surface area contributed by atoms with E-state index in [9.17, 15) is 14.7 Å². The summed E-state index contributed by atoms with van der Waals surface area (Å²) in [6, 6.07) is 10.3. The molecule has 0 saturated carbocycles. The van der Waals surface area contributed by atoms with Gasteiger partial charge in [0.15, 0.2) is 11.5 Å². The molecule has 2 aromatic carbocycles. The Kier molecular flexibility index (Phi) is 5.45. The highest BCUT2D eigenvalue weighted by Gasteiger charge is 2.46. The molecule has 0 radical (unpaired) electrons. The summed E-state index contributed by atoms with van der Waals surface area (Å²) in [6.07, 6.45) is 0. The van der Waals surface area contributed by atoms with Crippen molar-refractivity contribution in [2.45, 2.75) is 19.9 Å². The molecular weight excluding hydrogens is 396 g/mol. The second-order valence-electron chi connectivity index (χ2n) is 8.23. The van der Waals surface area contributed by atoms with Crippen molar-refractivity contribution in [3.8, 4) is 11.5 Å². The Balaban J connectivity index is 1.88. The Morgan fingerprint density at radius 3 is 2.58 bits per heavy atom. The van der Waals surface area contributed by atoms with Crippen molar-refractivity contribution in [1.29, 1.82) is 0 Å². The van der Waals surface area contributed by atoms with Gasteiger partial charge in [0.1, 0.15) is 5.76 Å². The average Bonchev–Trinajstić information content (AvgIpc) is 3.30. The van der Waals surface area contributed by atoms with Crippen molar-refractivity contribution >= 4 is 17.4 Å². The maximum Gasteiger partial charge on any atom is 0.295 e. The minimum Gasteiger partial charge on any atom is -0.507 e. The Morgan fingerprint density at radius 1 is 1.10 bits per heavy atom. The van der Waals surface area contributed by atoms with Crippen molar-refractivity contribution < 1.29 is 24.2 Å². The number of carbonyl (C=O) groups is 2. The number of aliphatic hydroxyl groups is 1. The number of fused-ring (bicyclic) bond motifs is 1. The topological polar surface area (TPSA) is 79.3 Å². The van der Waals surface area contributed by atoms with E-state index in [4.69, 9.17) is 9.47 Å². The lowest BCUT2D eigenvalue weighted by atomic mass is 9.93. The summed E-state index contributed by atoms with van der Waals surface area (Å²) in [4.78, 5) is 29.6. The van der Waals surface area contributed by atoms with E-state index < -0.39 is 17.7 Å². The van der Waals surface area contributed by atoms with Crippen LogP contribution in [-0.2, 0) is 9.59 Å². The molecule has 1 atom stereocenters. The molecule has 2 heterocycles. The summed E-state index contributed by atoms with van der Waals surface area (Å²) in [5, 5.41) is 11.2. The summed E-state index contributed by atoms with van der Waals surface area (Å²) in [6.45, 7) is 4.84. The van der Waals surface area contributed by atoms with E-state index in [0.29, 0.717) is 35.7 Å². The molecule has 1 fully saturated rings. The fourth-order valence-electron chi connectivity index (χ4n) is 3.98. The molecule has 1 amide bonds. The second-order valence-corrected chi connectivity index (χ2v) is 8.23. The SMILES string of the molecule is Cc1ccc(C)c(C(O)=C2C(=O)C(=O)N(CCN(C)C)C2c2ccc3c(c2)OCO3)c1. The summed E-state index contributed by atoms with van der Waals surface area (Å²) in [7, 11) is 3.81. The number of hydrogen-bond donors (Lipinski definition) is 1. The van der Waals surface area contributed by atoms with Gasteiger partial charge in [0.05, 0.1) is 11.6 Å². The molecule has 2 aliphatic rings. The highest BCUT2D eigenvalue weighted by Crippen LogP contribution is 2.43. The Labute approximate surface area is 181 Å². The van der Waals surface area contributed by atoms with Crippen LogP contribution < -0.4 is 9.47 Å². The molecule has 0 spiro atoms. The van der Waals surface area contributed by atoms with Gasteiger partial charge in [-0.05, 0) is 57.3 Å². The molecule has 1 unspecified atom stereocenters. The lowest BCUT2D eigenvalue weighted by Gasteiger charge is -2.26. The number of nitrogens with zero attached hydrogens (tertiary/aromatic N) is 2. The lowest BCUT2D eigenvalue weighted by molar-refractivity contribution is -0.140. The van der Waals surface area contributed by atoms with Gasteiger partial charge in [-0.25, -0.2) is 0 Å². The minimum atomic E-state index is -0.714. The van der Waals surface area contributed by atoms with Crippen LogP contribution in [0.1, 0.15) is 28.3 Å². The largest absolute Gasteiger partial charge is 0.507 e. The van der Waals surface area contributed by atoms with Crippen LogP contribution in [0, 0.1) is 13.8 Å². The number of benzene rings is 2. The van der Waals surface area contributed by atoms with Crippen LogP contribution in [0.5, 0.6) is 11.5 Å². The fraction of sp³-hybridized carbons (Fsp3) is 0.333. The van der Waals surface area contributed by atoms with Crippen LogP contribution in [0.25, 0.3) is 5.76 Å². The van der Waals surface area contributed by atoms with Crippen LogP contribution in [0.15, 0.2) is 42.0 Å². The Morgan fingerprint density at radius 2 is 1.84 bits per heavy atom. The summed E-state index contributed by atoms with van der Waals surface area (Å²) < 4.78 is 10.9. The first-order valence-corrected chi connectivity index (χ1v) is 10.2. The predicted molar refractivity (Wildman–Crippen MR) is 116 cm³/mol. The molecule has 1 saturated heterocycles. The molecular formula is C24H26N2O5. The number of likely N-dealkylation sites (N-methyl/N-ethyl adjacent to an activating group) is 1. The third kappa shape index (κ3) is 3.77. The third-order valence-electron chi connectivity index (χ3n) is 5.69. The number of aryl methyl sites for hydroxylation is 2. The first-order valence-electron chi connectivity index (χ1n) is 10.2. The number of hydrogen-bond acceptors (Lipinski definition) is 6. The van der Waals surface area contributed by atoms with Crippen molar-refractivity contribution in [2.24, 2.45) is 0 Å². The van der Waals surface area contributed by atoms with E-state index in [1.54, 1.807) is 12.1 Å². The van der Waals surface area contributed by atoms with E-state index in [-0.39, 0.29) is 18.1 Å². The standard InChI is InChI=1S/C24H26N2O5/c1-14-5-6-15(2)17(11-14)22(27)20-21(16-7-8-18-19(12-16)31-13-30-18)26(10-9-25(3)4)24(29)23(20)28/h5-8,11-12,21,27H,9-10,13H2,1-4H3. The zero-order valence-electron chi connectivity index (χ0n) is 18.1. The number of carbonyl (C=O) groups excluding carboxylic acids is 2. The molecule has 1 N–H and O–H groups in total. The van der Waals surface area contributed by atoms with Gasteiger partial charge in [-0.1, -0.05) is 23.8 Å². The van der Waals surface area contributed by atoms with Crippen LogP contribution in [0.3, 0.4) is 0 Å². The maximum atomic E-state index is 13.1.